The van der Waals surface area contributed by atoms with E-state index in [-0.39, 0.29) is 11.5 Å². The quantitative estimate of drug-likeness (QED) is 0.295. The van der Waals surface area contributed by atoms with Gasteiger partial charge in [0.2, 0.25) is 0 Å². The smallest absolute Gasteiger partial charge is 0.274 e. The second-order valence-electron chi connectivity index (χ2n) is 8.31. The number of rotatable bonds is 9. The third-order valence-electron chi connectivity index (χ3n) is 5.51. The highest BCUT2D eigenvalue weighted by Crippen LogP contribution is 2.29. The first-order chi connectivity index (χ1) is 17.1. The van der Waals surface area contributed by atoms with E-state index in [0.29, 0.717) is 40.8 Å². The average molecular weight is 487 g/mol. The van der Waals surface area contributed by atoms with Gasteiger partial charge in [0.05, 0.1) is 35.4 Å². The lowest BCUT2D eigenvalue weighted by atomic mass is 10.2. The lowest BCUT2D eigenvalue weighted by Crippen LogP contribution is -2.22. The van der Waals surface area contributed by atoms with E-state index in [1.807, 2.05) is 85.8 Å². The van der Waals surface area contributed by atoms with Gasteiger partial charge in [-0.3, -0.25) is 4.79 Å². The minimum absolute atomic E-state index is 0.0655. The van der Waals surface area contributed by atoms with Crippen LogP contribution in [0.4, 0.5) is 0 Å². The summed E-state index contributed by atoms with van der Waals surface area (Å²) in [5.74, 6) is 2.36. The molecule has 5 aromatic rings. The maximum absolute atomic E-state index is 13.1. The summed E-state index contributed by atoms with van der Waals surface area (Å²) in [5.41, 5.74) is 2.45. The molecule has 3 aromatic carbocycles. The third kappa shape index (κ3) is 5.00. The molecule has 1 atom stereocenters. The molecule has 35 heavy (non-hydrogen) atoms. The number of hydrogen-bond donors (Lipinski definition) is 0. The molecular formula is C28H26N2O4S. The van der Waals surface area contributed by atoms with Gasteiger partial charge in [0, 0.05) is 5.92 Å². The number of para-hydroxylation sites is 3. The van der Waals surface area contributed by atoms with Gasteiger partial charge < -0.3 is 14.2 Å². The van der Waals surface area contributed by atoms with E-state index in [4.69, 9.17) is 14.2 Å². The van der Waals surface area contributed by atoms with Crippen molar-refractivity contribution in [1.29, 1.82) is 0 Å². The lowest BCUT2D eigenvalue weighted by Gasteiger charge is -2.16. The Morgan fingerprint density at radius 2 is 1.71 bits per heavy atom. The van der Waals surface area contributed by atoms with Gasteiger partial charge in [-0.05, 0) is 55.0 Å². The summed E-state index contributed by atoms with van der Waals surface area (Å²) < 4.78 is 20.0. The number of nitrogens with zero attached hydrogens (tertiary/aromatic N) is 2. The summed E-state index contributed by atoms with van der Waals surface area (Å²) in [6.07, 6.45) is 1.87. The molecule has 0 amide bonds. The largest absolute Gasteiger partial charge is 0.493 e. The monoisotopic (exact) mass is 486 g/mol. The zero-order valence-electron chi connectivity index (χ0n) is 19.6. The summed E-state index contributed by atoms with van der Waals surface area (Å²) in [6, 6.07) is 23.2. The fraction of sp³-hybridized carbons (Fsp3) is 0.214. The van der Waals surface area contributed by atoms with Crippen LogP contribution in [0.15, 0.2) is 77.6 Å². The topological polar surface area (TPSA) is 62.1 Å². The van der Waals surface area contributed by atoms with E-state index in [0.717, 1.165) is 22.3 Å². The van der Waals surface area contributed by atoms with E-state index in [2.05, 4.69) is 11.9 Å². The first-order valence-electron chi connectivity index (χ1n) is 11.6. The molecule has 2 aromatic heterocycles. The van der Waals surface area contributed by atoms with Gasteiger partial charge in [-0.15, -0.1) is 0 Å². The van der Waals surface area contributed by atoms with Crippen LogP contribution in [0, 0.1) is 5.92 Å². The van der Waals surface area contributed by atoms with Gasteiger partial charge in [0.1, 0.15) is 5.75 Å². The van der Waals surface area contributed by atoms with Gasteiger partial charge in [-0.25, -0.2) is 9.38 Å². The lowest BCUT2D eigenvalue weighted by molar-refractivity contribution is 0.182. The minimum Gasteiger partial charge on any atom is -0.493 e. The fourth-order valence-corrected chi connectivity index (χ4v) is 4.79. The van der Waals surface area contributed by atoms with Crippen LogP contribution in [0.1, 0.15) is 19.4 Å². The molecule has 2 heterocycles. The van der Waals surface area contributed by atoms with Crippen LogP contribution < -0.4 is 24.3 Å². The van der Waals surface area contributed by atoms with E-state index in [9.17, 15) is 4.79 Å². The predicted molar refractivity (Wildman–Crippen MR) is 140 cm³/mol. The van der Waals surface area contributed by atoms with Crippen LogP contribution in [-0.2, 0) is 0 Å². The maximum Gasteiger partial charge on any atom is 0.274 e. The number of hydrogen-bond acceptors (Lipinski definition) is 6. The van der Waals surface area contributed by atoms with E-state index >= 15 is 0 Å². The molecule has 6 nitrogen and oxygen atoms in total. The Morgan fingerprint density at radius 3 is 2.54 bits per heavy atom. The first kappa shape index (κ1) is 22.9. The van der Waals surface area contributed by atoms with Crippen molar-refractivity contribution >= 4 is 33.4 Å². The maximum atomic E-state index is 13.1. The molecule has 7 heteroatoms. The fourth-order valence-electron chi connectivity index (χ4n) is 3.80. The number of benzene rings is 3. The molecule has 0 aliphatic carbocycles. The third-order valence-corrected chi connectivity index (χ3v) is 6.48. The summed E-state index contributed by atoms with van der Waals surface area (Å²) in [6.45, 7) is 5.58. The molecule has 0 saturated heterocycles. The van der Waals surface area contributed by atoms with E-state index in [1.54, 1.807) is 4.40 Å². The van der Waals surface area contributed by atoms with Crippen LogP contribution in [-0.4, -0.2) is 29.2 Å². The Balaban J connectivity index is 1.34. The molecule has 0 unspecified atom stereocenters. The summed E-state index contributed by atoms with van der Waals surface area (Å²) in [7, 11) is 0. The molecule has 0 spiro atoms. The number of fused-ring (bicyclic) bond motifs is 3. The molecule has 0 aliphatic heterocycles. The predicted octanol–water partition coefficient (Wildman–Crippen LogP) is 4.95. The summed E-state index contributed by atoms with van der Waals surface area (Å²) in [5, 5.41) is 0. The van der Waals surface area contributed by atoms with E-state index < -0.39 is 0 Å². The number of ether oxygens (including phenoxy) is 3. The van der Waals surface area contributed by atoms with Crippen LogP contribution >= 0.6 is 11.3 Å². The Hall–Kier alpha value is -3.84. The highest BCUT2D eigenvalue weighted by molar-refractivity contribution is 7.15. The molecule has 5 rings (SSSR count). The molecule has 0 saturated carbocycles. The highest BCUT2D eigenvalue weighted by atomic mass is 32.1. The minimum atomic E-state index is -0.0655. The second kappa shape index (κ2) is 10.2. The van der Waals surface area contributed by atoms with Crippen LogP contribution in [0.3, 0.4) is 0 Å². The number of imidazole rings is 1. The van der Waals surface area contributed by atoms with Crippen molar-refractivity contribution in [3.63, 3.8) is 0 Å². The van der Waals surface area contributed by atoms with Crippen molar-refractivity contribution in [2.24, 2.45) is 5.92 Å². The van der Waals surface area contributed by atoms with Crippen molar-refractivity contribution in [2.45, 2.75) is 13.8 Å². The Labute approximate surface area is 207 Å². The van der Waals surface area contributed by atoms with Crippen molar-refractivity contribution < 1.29 is 14.2 Å². The van der Waals surface area contributed by atoms with Crippen molar-refractivity contribution in [3.05, 3.63) is 93.2 Å². The van der Waals surface area contributed by atoms with Gasteiger partial charge in [0.25, 0.3) is 5.56 Å². The summed E-state index contributed by atoms with van der Waals surface area (Å²) >= 11 is 1.38. The molecule has 0 N–H and O–H groups in total. The Morgan fingerprint density at radius 1 is 0.943 bits per heavy atom. The van der Waals surface area contributed by atoms with Crippen LogP contribution in [0.5, 0.6) is 17.2 Å². The van der Waals surface area contributed by atoms with Gasteiger partial charge in [0.15, 0.2) is 16.5 Å². The molecule has 178 valence electrons. The first-order valence-corrected chi connectivity index (χ1v) is 12.4. The normalized spacial score (nSPS) is 12.8. The number of thiazole rings is 1. The average Bonchev–Trinajstić information content (AvgIpc) is 3.39. The summed E-state index contributed by atoms with van der Waals surface area (Å²) in [4.78, 5) is 18.3. The molecule has 0 aliphatic rings. The van der Waals surface area contributed by atoms with E-state index in [1.165, 1.54) is 11.3 Å². The van der Waals surface area contributed by atoms with Crippen molar-refractivity contribution in [1.82, 2.24) is 9.38 Å². The highest BCUT2D eigenvalue weighted by Gasteiger charge is 2.12. The zero-order chi connectivity index (χ0) is 24.2. The van der Waals surface area contributed by atoms with Crippen LogP contribution in [0.25, 0.3) is 22.1 Å². The van der Waals surface area contributed by atoms with Gasteiger partial charge in [-0.1, -0.05) is 54.7 Å². The Bertz CT molecular complexity index is 1560. The molecular weight excluding hydrogens is 460 g/mol. The molecule has 0 fully saturated rings. The second-order valence-corrected chi connectivity index (χ2v) is 9.32. The van der Waals surface area contributed by atoms with Gasteiger partial charge >= 0.3 is 0 Å². The van der Waals surface area contributed by atoms with Gasteiger partial charge in [-0.2, -0.15) is 0 Å². The molecule has 0 bridgehead atoms. The SMILES string of the molecule is CCOc1cc(/C=c2\sc3nc4ccccc4n3c2=O)ccc1OC[C@H](C)COc1ccccc1. The zero-order valence-corrected chi connectivity index (χ0v) is 20.5. The van der Waals surface area contributed by atoms with Crippen LogP contribution in [0.2, 0.25) is 0 Å². The van der Waals surface area contributed by atoms with Crippen molar-refractivity contribution in [2.75, 3.05) is 19.8 Å². The number of aromatic nitrogens is 2. The molecule has 0 radical (unpaired) electrons. The Kier molecular flexibility index (Phi) is 6.68. The van der Waals surface area contributed by atoms with Crippen molar-refractivity contribution in [3.8, 4) is 17.2 Å². The standard InChI is InChI=1S/C28H26N2O4S/c1-3-32-25-15-20(13-14-24(25)34-18-19(2)17-33-21-9-5-4-6-10-21)16-26-27(31)30-23-12-8-7-11-22(23)29-28(30)35-26/h4-16,19H,3,17-18H2,1-2H3/b26-16-/t19-/m1/s1.